The minimum Gasteiger partial charge on any atom is -0.425 e. The number of fused-ring (bicyclic) bond motifs is 1. The van der Waals surface area contributed by atoms with Crippen LogP contribution >= 0.6 is 11.8 Å². The van der Waals surface area contributed by atoms with E-state index in [2.05, 4.69) is 5.32 Å². The van der Waals surface area contributed by atoms with Crippen molar-refractivity contribution in [3.63, 3.8) is 0 Å². The van der Waals surface area contributed by atoms with Gasteiger partial charge in [-0.05, 0) is 32.4 Å². The summed E-state index contributed by atoms with van der Waals surface area (Å²) >= 11 is 1.24. The second-order valence-corrected chi connectivity index (χ2v) is 10.5. The highest BCUT2D eigenvalue weighted by atomic mass is 32.2. The van der Waals surface area contributed by atoms with Crippen molar-refractivity contribution in [2.45, 2.75) is 64.4 Å². The molecule has 11 heteroatoms. The summed E-state index contributed by atoms with van der Waals surface area (Å²) in [5, 5.41) is 11.1. The van der Waals surface area contributed by atoms with Crippen LogP contribution in [0.3, 0.4) is 0 Å². The van der Waals surface area contributed by atoms with E-state index in [9.17, 15) is 24.0 Å². The summed E-state index contributed by atoms with van der Waals surface area (Å²) in [4.78, 5) is 60.9. The van der Waals surface area contributed by atoms with E-state index in [1.165, 1.54) is 25.6 Å². The van der Waals surface area contributed by atoms with Crippen LogP contribution in [0.2, 0.25) is 0 Å². The molecule has 1 aromatic carbocycles. The second kappa shape index (κ2) is 12.5. The zero-order valence-corrected chi connectivity index (χ0v) is 21.2. The van der Waals surface area contributed by atoms with E-state index >= 15 is 0 Å². The van der Waals surface area contributed by atoms with Crippen molar-refractivity contribution in [1.29, 1.82) is 5.41 Å². The van der Waals surface area contributed by atoms with E-state index in [0.29, 0.717) is 17.7 Å². The Morgan fingerprint density at radius 1 is 1.06 bits per heavy atom. The zero-order chi connectivity index (χ0) is 26.2. The average Bonchev–Trinajstić information content (AvgIpc) is 3.01. The summed E-state index contributed by atoms with van der Waals surface area (Å²) in [6, 6.07) is 6.56. The molecule has 35 heavy (non-hydrogen) atoms. The van der Waals surface area contributed by atoms with Gasteiger partial charge >= 0.3 is 11.9 Å². The number of hydrogen-bond donors (Lipinski definition) is 2. The fourth-order valence-corrected chi connectivity index (χ4v) is 4.38. The first kappa shape index (κ1) is 28.0. The van der Waals surface area contributed by atoms with Gasteiger partial charge in [-0.2, -0.15) is 0 Å². The molecule has 1 aliphatic heterocycles. The van der Waals surface area contributed by atoms with Gasteiger partial charge in [0, 0.05) is 44.5 Å². The number of nitrogens with zero attached hydrogens (tertiary/aromatic N) is 1. The summed E-state index contributed by atoms with van der Waals surface area (Å²) < 4.78 is 9.92. The lowest BCUT2D eigenvalue weighted by molar-refractivity contribution is -0.187. The van der Waals surface area contributed by atoms with Crippen molar-refractivity contribution in [3.05, 3.63) is 35.4 Å². The number of nitrogens with one attached hydrogen (secondary N) is 2. The lowest BCUT2D eigenvalue weighted by Crippen LogP contribution is -2.35. The van der Waals surface area contributed by atoms with Gasteiger partial charge in [0.2, 0.25) is 12.2 Å². The molecule has 0 spiro atoms. The van der Waals surface area contributed by atoms with Gasteiger partial charge < -0.3 is 14.8 Å². The molecule has 1 atom stereocenters. The smallest absolute Gasteiger partial charge is 0.309 e. The molecule has 0 aromatic heterocycles. The second-order valence-electron chi connectivity index (χ2n) is 8.67. The number of ether oxygens (including phenoxy) is 2. The van der Waals surface area contributed by atoms with Crippen molar-refractivity contribution in [2.75, 3.05) is 13.1 Å². The number of rotatable bonds is 12. The van der Waals surface area contributed by atoms with Gasteiger partial charge in [-0.1, -0.05) is 12.1 Å². The first-order chi connectivity index (χ1) is 16.4. The number of amides is 3. The van der Waals surface area contributed by atoms with Crippen LogP contribution in [0, 0.1) is 5.41 Å². The topological polar surface area (TPSA) is 143 Å². The van der Waals surface area contributed by atoms with Crippen molar-refractivity contribution in [3.8, 4) is 0 Å². The number of carbonyl (C=O) groups excluding carboxylic acids is 5. The molecule has 1 aliphatic rings. The van der Waals surface area contributed by atoms with E-state index in [4.69, 9.17) is 14.9 Å². The minimum absolute atomic E-state index is 0.0851. The van der Waals surface area contributed by atoms with Gasteiger partial charge in [0.25, 0.3) is 11.8 Å². The third-order valence-electron chi connectivity index (χ3n) is 4.98. The van der Waals surface area contributed by atoms with Crippen LogP contribution in [0.1, 0.15) is 74.1 Å². The Kier molecular flexibility index (Phi) is 10.00. The van der Waals surface area contributed by atoms with Crippen molar-refractivity contribution >= 4 is 46.5 Å². The third-order valence-corrected chi connectivity index (χ3v) is 6.13. The number of imide groups is 1. The number of hydrogen-bond acceptors (Lipinski definition) is 9. The quantitative estimate of drug-likeness (QED) is 0.145. The van der Waals surface area contributed by atoms with E-state index in [1.54, 1.807) is 24.3 Å². The van der Waals surface area contributed by atoms with Crippen LogP contribution < -0.4 is 5.32 Å². The maximum Gasteiger partial charge on any atom is 0.309 e. The highest BCUT2D eigenvalue weighted by Crippen LogP contribution is 2.26. The van der Waals surface area contributed by atoms with Crippen molar-refractivity contribution in [1.82, 2.24) is 10.2 Å². The minimum atomic E-state index is -1.16. The lowest BCUT2D eigenvalue weighted by Gasteiger charge is -2.24. The first-order valence-electron chi connectivity index (χ1n) is 11.2. The van der Waals surface area contributed by atoms with Gasteiger partial charge in [0.05, 0.1) is 22.6 Å². The molecule has 0 saturated heterocycles. The van der Waals surface area contributed by atoms with Crippen molar-refractivity contribution in [2.24, 2.45) is 0 Å². The van der Waals surface area contributed by atoms with E-state index in [0.717, 1.165) is 4.90 Å². The van der Waals surface area contributed by atoms with Crippen LogP contribution in [-0.4, -0.2) is 63.7 Å². The summed E-state index contributed by atoms with van der Waals surface area (Å²) in [5.74, 6) is -2.20. The Morgan fingerprint density at radius 3 is 2.20 bits per heavy atom. The van der Waals surface area contributed by atoms with Crippen LogP contribution in [0.5, 0.6) is 0 Å². The lowest BCUT2D eigenvalue weighted by atomic mass is 10.1. The van der Waals surface area contributed by atoms with Gasteiger partial charge in [-0.25, -0.2) is 0 Å². The molecular weight excluding hydrogens is 474 g/mol. The molecule has 2 N–H and O–H groups in total. The standard InChI is InChI=1S/C24H31N3O7S/c1-15(28)26-14-24(3,4)35-19(25)11-12-20(30)34-21(33-16(2)29)10-7-13-27-22(31)17-8-5-6-9-18(17)23(27)32/h5-6,8-9,21,25H,7,10-14H2,1-4H3,(H,26,28). The van der Waals surface area contributed by atoms with E-state index < -0.39 is 23.0 Å². The van der Waals surface area contributed by atoms with Crippen LogP contribution in [0.15, 0.2) is 24.3 Å². The summed E-state index contributed by atoms with van der Waals surface area (Å²) in [6.07, 6.45) is -0.741. The van der Waals surface area contributed by atoms with Gasteiger partial charge in [0.15, 0.2) is 0 Å². The SMILES string of the molecule is CC(=O)NCC(C)(C)SC(=N)CCC(=O)OC(CCCN1C(=O)c2ccccc2C1=O)OC(C)=O. The number of thioether (sulfide) groups is 1. The third kappa shape index (κ3) is 8.82. The van der Waals surface area contributed by atoms with Crippen LogP contribution in [-0.2, 0) is 23.9 Å². The predicted molar refractivity (Wildman–Crippen MR) is 130 cm³/mol. The average molecular weight is 506 g/mol. The molecule has 1 heterocycles. The molecule has 10 nitrogen and oxygen atoms in total. The highest BCUT2D eigenvalue weighted by Gasteiger charge is 2.34. The number of esters is 2. The fourth-order valence-electron chi connectivity index (χ4n) is 3.36. The molecule has 0 saturated carbocycles. The molecule has 0 bridgehead atoms. The molecule has 1 unspecified atom stereocenters. The predicted octanol–water partition coefficient (Wildman–Crippen LogP) is 2.90. The molecule has 190 valence electrons. The Balaban J connectivity index is 1.81. The van der Waals surface area contributed by atoms with Gasteiger partial charge in [-0.3, -0.25) is 34.3 Å². The Hall–Kier alpha value is -3.21. The molecule has 1 aromatic rings. The summed E-state index contributed by atoms with van der Waals surface area (Å²) in [5.41, 5.74) is 0.696. The van der Waals surface area contributed by atoms with E-state index in [-0.39, 0.29) is 55.0 Å². The molecule has 0 radical (unpaired) electrons. The molecule has 2 rings (SSSR count). The maximum atomic E-state index is 12.5. The Bertz CT molecular complexity index is 974. The zero-order valence-electron chi connectivity index (χ0n) is 20.3. The normalized spacial score (nSPS) is 13.8. The summed E-state index contributed by atoms with van der Waals surface area (Å²) in [7, 11) is 0. The Labute approximate surface area is 208 Å². The van der Waals surface area contributed by atoms with Crippen LogP contribution in [0.25, 0.3) is 0 Å². The monoisotopic (exact) mass is 505 g/mol. The van der Waals surface area contributed by atoms with Crippen LogP contribution in [0.4, 0.5) is 0 Å². The van der Waals surface area contributed by atoms with E-state index in [1.807, 2.05) is 13.8 Å². The Morgan fingerprint density at radius 2 is 1.66 bits per heavy atom. The molecule has 0 aliphatic carbocycles. The summed E-state index contributed by atoms with van der Waals surface area (Å²) in [6.45, 7) is 6.83. The largest absolute Gasteiger partial charge is 0.425 e. The number of benzene rings is 1. The molecular formula is C24H31N3O7S. The van der Waals surface area contributed by atoms with Gasteiger partial charge in [0.1, 0.15) is 0 Å². The molecule has 3 amide bonds. The number of carbonyl (C=O) groups is 5. The fraction of sp³-hybridized carbons (Fsp3) is 0.500. The highest BCUT2D eigenvalue weighted by molar-refractivity contribution is 8.14. The van der Waals surface area contributed by atoms with Crippen molar-refractivity contribution < 1.29 is 33.4 Å². The van der Waals surface area contributed by atoms with Gasteiger partial charge in [-0.15, -0.1) is 11.8 Å². The molecule has 0 fully saturated rings. The maximum absolute atomic E-state index is 12.5. The first-order valence-corrected chi connectivity index (χ1v) is 12.0.